The highest BCUT2D eigenvalue weighted by Gasteiger charge is 2.35. The summed E-state index contributed by atoms with van der Waals surface area (Å²) in [6.45, 7) is 0. The summed E-state index contributed by atoms with van der Waals surface area (Å²) < 4.78 is 0. The minimum atomic E-state index is -1.19. The Balaban J connectivity index is 1.61. The molecule has 10 heteroatoms. The summed E-state index contributed by atoms with van der Waals surface area (Å²) in [6.07, 6.45) is 1.05. The van der Waals surface area contributed by atoms with Gasteiger partial charge in [0.15, 0.2) is 0 Å². The number of anilines is 1. The number of carbonyl (C=O) groups excluding carboxylic acids is 2. The van der Waals surface area contributed by atoms with E-state index in [2.05, 4.69) is 10.6 Å². The van der Waals surface area contributed by atoms with Gasteiger partial charge in [0.1, 0.15) is 6.04 Å². The number of rotatable bonds is 8. The molecule has 2 aromatic carbocycles. The van der Waals surface area contributed by atoms with Crippen LogP contribution >= 0.6 is 23.2 Å². The first kappa shape index (κ1) is 24.5. The average Bonchev–Trinajstić information content (AvgIpc) is 3.25. The molecule has 1 fully saturated rings. The molecule has 3 rings (SSSR count). The Labute approximate surface area is 199 Å². The number of benzene rings is 2. The van der Waals surface area contributed by atoms with E-state index in [1.807, 2.05) is 0 Å². The van der Waals surface area contributed by atoms with E-state index < -0.39 is 41.6 Å². The van der Waals surface area contributed by atoms with E-state index in [1.54, 1.807) is 42.5 Å². The van der Waals surface area contributed by atoms with Crippen LogP contribution in [0.4, 0.5) is 5.69 Å². The third-order valence-electron chi connectivity index (χ3n) is 5.61. The van der Waals surface area contributed by atoms with Gasteiger partial charge < -0.3 is 20.8 Å². The Kier molecular flexibility index (Phi) is 7.94. The molecule has 1 aliphatic rings. The van der Waals surface area contributed by atoms with Crippen molar-refractivity contribution >= 4 is 52.6 Å². The lowest BCUT2D eigenvalue weighted by molar-refractivity contribution is -0.143. The monoisotopic (exact) mass is 492 g/mol. The van der Waals surface area contributed by atoms with Crippen molar-refractivity contribution < 1.29 is 29.4 Å². The summed E-state index contributed by atoms with van der Waals surface area (Å²) in [5.74, 6) is -4.16. The van der Waals surface area contributed by atoms with Crippen molar-refractivity contribution in [3.05, 3.63) is 63.6 Å². The molecule has 8 nitrogen and oxygen atoms in total. The molecule has 0 bridgehead atoms. The molecule has 33 heavy (non-hydrogen) atoms. The quantitative estimate of drug-likeness (QED) is 0.442. The van der Waals surface area contributed by atoms with E-state index >= 15 is 0 Å². The second-order valence-electron chi connectivity index (χ2n) is 7.90. The molecule has 0 heterocycles. The van der Waals surface area contributed by atoms with Crippen molar-refractivity contribution in [3.63, 3.8) is 0 Å². The predicted octanol–water partition coefficient (Wildman–Crippen LogP) is 3.86. The summed E-state index contributed by atoms with van der Waals surface area (Å²) in [5.41, 5.74) is 1.24. The second kappa shape index (κ2) is 10.7. The van der Waals surface area contributed by atoms with Crippen molar-refractivity contribution in [2.75, 3.05) is 5.32 Å². The lowest BCUT2D eigenvalue weighted by Crippen LogP contribution is -2.44. The fraction of sp³-hybridized carbons (Fsp3) is 0.304. The van der Waals surface area contributed by atoms with Gasteiger partial charge in [0, 0.05) is 18.0 Å². The van der Waals surface area contributed by atoms with Gasteiger partial charge >= 0.3 is 11.9 Å². The normalized spacial score (nSPS) is 18.4. The van der Waals surface area contributed by atoms with Crippen molar-refractivity contribution in [1.29, 1.82) is 0 Å². The zero-order chi connectivity index (χ0) is 24.1. The first-order valence-electron chi connectivity index (χ1n) is 10.3. The van der Waals surface area contributed by atoms with E-state index in [0.717, 1.165) is 0 Å². The third-order valence-corrected chi connectivity index (χ3v) is 6.24. The van der Waals surface area contributed by atoms with E-state index in [4.69, 9.17) is 28.3 Å². The SMILES string of the molecule is O=C(Nc1ccc(C[C@H](NC(=O)[C@H]2CC[C@@H](C(=O)O)C2)C(=O)O)cc1)c1c(Cl)cccc1Cl. The van der Waals surface area contributed by atoms with Gasteiger partial charge in [-0.25, -0.2) is 4.79 Å². The molecule has 2 amide bonds. The maximum absolute atomic E-state index is 12.5. The van der Waals surface area contributed by atoms with Crippen molar-refractivity contribution in [2.24, 2.45) is 11.8 Å². The molecule has 3 atom stereocenters. The molecule has 0 aromatic heterocycles. The largest absolute Gasteiger partial charge is 0.481 e. The highest BCUT2D eigenvalue weighted by Crippen LogP contribution is 2.31. The molecule has 2 aromatic rings. The van der Waals surface area contributed by atoms with Gasteiger partial charge in [0.05, 0.1) is 21.5 Å². The predicted molar refractivity (Wildman–Crippen MR) is 123 cm³/mol. The number of hydrogen-bond acceptors (Lipinski definition) is 4. The molecule has 0 spiro atoms. The molecule has 0 radical (unpaired) electrons. The van der Waals surface area contributed by atoms with E-state index in [-0.39, 0.29) is 28.5 Å². The van der Waals surface area contributed by atoms with Crippen molar-refractivity contribution in [3.8, 4) is 0 Å². The van der Waals surface area contributed by atoms with Gasteiger partial charge in [0.2, 0.25) is 5.91 Å². The summed E-state index contributed by atoms with van der Waals surface area (Å²) in [7, 11) is 0. The van der Waals surface area contributed by atoms with Crippen LogP contribution in [0.3, 0.4) is 0 Å². The smallest absolute Gasteiger partial charge is 0.326 e. The van der Waals surface area contributed by atoms with Gasteiger partial charge in [-0.3, -0.25) is 14.4 Å². The summed E-state index contributed by atoms with van der Waals surface area (Å²) in [5, 5.41) is 24.2. The van der Waals surface area contributed by atoms with Gasteiger partial charge in [-0.15, -0.1) is 0 Å². The number of hydrogen-bond donors (Lipinski definition) is 4. The lowest BCUT2D eigenvalue weighted by Gasteiger charge is -2.18. The molecular formula is C23H22Cl2N2O6. The molecule has 1 aliphatic carbocycles. The average molecular weight is 493 g/mol. The van der Waals surface area contributed by atoms with Crippen LogP contribution < -0.4 is 10.6 Å². The Morgan fingerprint density at radius 3 is 2.09 bits per heavy atom. The summed E-state index contributed by atoms with van der Waals surface area (Å²) in [4.78, 5) is 47.7. The Hall–Kier alpha value is -3.10. The maximum atomic E-state index is 12.5. The van der Waals surface area contributed by atoms with E-state index in [9.17, 15) is 24.3 Å². The first-order valence-corrected chi connectivity index (χ1v) is 11.0. The molecule has 0 aliphatic heterocycles. The minimum Gasteiger partial charge on any atom is -0.481 e. The number of halogens is 2. The van der Waals surface area contributed by atoms with Crippen molar-refractivity contribution in [2.45, 2.75) is 31.7 Å². The lowest BCUT2D eigenvalue weighted by atomic mass is 10.0. The molecule has 0 saturated heterocycles. The van der Waals surface area contributed by atoms with Crippen LogP contribution in [0.15, 0.2) is 42.5 Å². The van der Waals surface area contributed by atoms with Gasteiger partial charge in [0.25, 0.3) is 5.91 Å². The fourth-order valence-electron chi connectivity index (χ4n) is 3.80. The molecular weight excluding hydrogens is 471 g/mol. The maximum Gasteiger partial charge on any atom is 0.326 e. The standard InChI is InChI=1S/C23H22Cl2N2O6/c24-16-2-1-3-17(25)19(16)21(29)26-15-8-4-12(5-9-15)10-18(23(32)33)27-20(28)13-6-7-14(11-13)22(30)31/h1-5,8-9,13-14,18H,6-7,10-11H2,(H,26,29)(H,27,28)(H,30,31)(H,32,33)/t13-,14+,18-/m0/s1. The summed E-state index contributed by atoms with van der Waals surface area (Å²) in [6, 6.07) is 10.1. The molecule has 1 saturated carbocycles. The zero-order valence-electron chi connectivity index (χ0n) is 17.4. The van der Waals surface area contributed by atoms with Gasteiger partial charge in [-0.1, -0.05) is 41.4 Å². The number of aliphatic carboxylic acids is 2. The van der Waals surface area contributed by atoms with Crippen LogP contribution in [0.5, 0.6) is 0 Å². The highest BCUT2D eigenvalue weighted by atomic mass is 35.5. The minimum absolute atomic E-state index is 0.0285. The number of carboxylic acid groups (broad SMARTS) is 2. The van der Waals surface area contributed by atoms with Crippen LogP contribution in [-0.4, -0.2) is 40.0 Å². The first-order chi connectivity index (χ1) is 15.7. The van der Waals surface area contributed by atoms with Crippen LogP contribution in [0.25, 0.3) is 0 Å². The number of carbonyl (C=O) groups is 4. The molecule has 174 valence electrons. The van der Waals surface area contributed by atoms with Gasteiger partial charge in [-0.05, 0) is 49.1 Å². The highest BCUT2D eigenvalue weighted by molar-refractivity contribution is 6.40. The fourth-order valence-corrected chi connectivity index (χ4v) is 4.37. The Bertz CT molecular complexity index is 1050. The van der Waals surface area contributed by atoms with E-state index in [1.165, 1.54) is 0 Å². The van der Waals surface area contributed by atoms with Crippen LogP contribution in [-0.2, 0) is 20.8 Å². The third kappa shape index (κ3) is 6.24. The topological polar surface area (TPSA) is 133 Å². The van der Waals surface area contributed by atoms with Crippen LogP contribution in [0.1, 0.15) is 35.2 Å². The van der Waals surface area contributed by atoms with Crippen LogP contribution in [0.2, 0.25) is 10.0 Å². The second-order valence-corrected chi connectivity index (χ2v) is 8.71. The molecule has 0 unspecified atom stereocenters. The van der Waals surface area contributed by atoms with E-state index in [0.29, 0.717) is 24.1 Å². The van der Waals surface area contributed by atoms with Gasteiger partial charge in [-0.2, -0.15) is 0 Å². The molecule has 4 N–H and O–H groups in total. The Morgan fingerprint density at radius 2 is 1.55 bits per heavy atom. The number of nitrogens with one attached hydrogen (secondary N) is 2. The Morgan fingerprint density at radius 1 is 0.939 bits per heavy atom. The summed E-state index contributed by atoms with van der Waals surface area (Å²) >= 11 is 12.1. The van der Waals surface area contributed by atoms with Crippen LogP contribution in [0, 0.1) is 11.8 Å². The number of amides is 2. The zero-order valence-corrected chi connectivity index (χ0v) is 18.9. The van der Waals surface area contributed by atoms with Crippen molar-refractivity contribution in [1.82, 2.24) is 5.32 Å². The number of carboxylic acids is 2.